The zero-order chi connectivity index (χ0) is 14.3. The quantitative estimate of drug-likeness (QED) is 0.610. The SMILES string of the molecule is CCOC(=O)C1=C(C)N=C2C(=Cc3ccccc32)C1=O. The molecule has 1 aromatic carbocycles. The van der Waals surface area contributed by atoms with E-state index in [4.69, 9.17) is 4.74 Å². The summed E-state index contributed by atoms with van der Waals surface area (Å²) in [5.74, 6) is -0.906. The molecule has 4 heteroatoms. The number of aliphatic imine (C=N–C) groups is 1. The van der Waals surface area contributed by atoms with Gasteiger partial charge in [0.1, 0.15) is 5.57 Å². The van der Waals surface area contributed by atoms with E-state index in [1.165, 1.54) is 0 Å². The molecular weight excluding hydrogens is 254 g/mol. The number of nitrogens with zero attached hydrogens (tertiary/aromatic N) is 1. The molecule has 0 saturated carbocycles. The average Bonchev–Trinajstić information content (AvgIpc) is 2.78. The summed E-state index contributed by atoms with van der Waals surface area (Å²) in [7, 11) is 0. The van der Waals surface area contributed by atoms with E-state index in [0.29, 0.717) is 17.0 Å². The fourth-order valence-corrected chi connectivity index (χ4v) is 2.47. The van der Waals surface area contributed by atoms with E-state index in [-0.39, 0.29) is 18.0 Å². The minimum atomic E-state index is -0.602. The van der Waals surface area contributed by atoms with Gasteiger partial charge in [0.2, 0.25) is 5.78 Å². The Kier molecular flexibility index (Phi) is 2.86. The Labute approximate surface area is 116 Å². The number of carbonyl (C=O) groups excluding carboxylic acids is 2. The minimum Gasteiger partial charge on any atom is -0.462 e. The zero-order valence-corrected chi connectivity index (χ0v) is 11.3. The molecule has 100 valence electrons. The average molecular weight is 267 g/mol. The number of hydrogen-bond donors (Lipinski definition) is 0. The maximum atomic E-state index is 12.5. The van der Waals surface area contributed by atoms with Gasteiger partial charge < -0.3 is 4.74 Å². The van der Waals surface area contributed by atoms with E-state index in [2.05, 4.69) is 4.99 Å². The zero-order valence-electron chi connectivity index (χ0n) is 11.3. The normalized spacial score (nSPS) is 16.4. The second-order valence-corrected chi connectivity index (χ2v) is 4.62. The molecule has 0 bridgehead atoms. The predicted octanol–water partition coefficient (Wildman–Crippen LogP) is 2.29. The summed E-state index contributed by atoms with van der Waals surface area (Å²) in [4.78, 5) is 28.8. The highest BCUT2D eigenvalue weighted by Gasteiger charge is 2.35. The Morgan fingerprint density at radius 1 is 1.30 bits per heavy atom. The number of ketones is 1. The topological polar surface area (TPSA) is 55.7 Å². The molecule has 0 radical (unpaired) electrons. The van der Waals surface area contributed by atoms with Crippen LogP contribution in [0.5, 0.6) is 0 Å². The number of Topliss-reactive ketones (excluding diaryl/α,β-unsaturated/α-hetero) is 1. The van der Waals surface area contributed by atoms with E-state index in [0.717, 1.165) is 11.1 Å². The van der Waals surface area contributed by atoms with Crippen molar-refractivity contribution in [3.63, 3.8) is 0 Å². The molecular formula is C16H13NO3. The Morgan fingerprint density at radius 3 is 2.80 bits per heavy atom. The van der Waals surface area contributed by atoms with Crippen molar-refractivity contribution in [1.29, 1.82) is 0 Å². The van der Waals surface area contributed by atoms with Crippen molar-refractivity contribution in [2.75, 3.05) is 6.61 Å². The molecule has 4 nitrogen and oxygen atoms in total. The molecule has 0 spiro atoms. The lowest BCUT2D eigenvalue weighted by Crippen LogP contribution is -2.25. The first kappa shape index (κ1) is 12.5. The predicted molar refractivity (Wildman–Crippen MR) is 75.3 cm³/mol. The summed E-state index contributed by atoms with van der Waals surface area (Å²) < 4.78 is 4.93. The van der Waals surface area contributed by atoms with E-state index in [9.17, 15) is 9.59 Å². The Bertz CT molecular complexity index is 723. The summed E-state index contributed by atoms with van der Waals surface area (Å²) in [5.41, 5.74) is 3.45. The molecule has 0 N–H and O–H groups in total. The van der Waals surface area contributed by atoms with Crippen molar-refractivity contribution >= 4 is 23.5 Å². The number of hydrogen-bond acceptors (Lipinski definition) is 4. The van der Waals surface area contributed by atoms with Gasteiger partial charge in [-0.15, -0.1) is 0 Å². The van der Waals surface area contributed by atoms with Gasteiger partial charge in [0.05, 0.1) is 18.0 Å². The molecule has 0 unspecified atom stereocenters. The second kappa shape index (κ2) is 4.56. The van der Waals surface area contributed by atoms with Crippen LogP contribution in [0.1, 0.15) is 25.0 Å². The molecule has 1 heterocycles. The summed E-state index contributed by atoms with van der Waals surface area (Å²) >= 11 is 0. The van der Waals surface area contributed by atoms with Gasteiger partial charge >= 0.3 is 5.97 Å². The Hall–Kier alpha value is -2.49. The summed E-state index contributed by atoms with van der Waals surface area (Å²) in [6.07, 6.45) is 1.78. The molecule has 0 saturated heterocycles. The van der Waals surface area contributed by atoms with Crippen LogP contribution in [0.25, 0.3) is 6.08 Å². The Balaban J connectivity index is 2.12. The van der Waals surface area contributed by atoms with E-state index < -0.39 is 5.97 Å². The van der Waals surface area contributed by atoms with Crippen LogP contribution in [0.3, 0.4) is 0 Å². The molecule has 1 aliphatic carbocycles. The third kappa shape index (κ3) is 1.72. The van der Waals surface area contributed by atoms with E-state index >= 15 is 0 Å². The molecule has 1 aromatic rings. The largest absolute Gasteiger partial charge is 0.462 e. The van der Waals surface area contributed by atoms with Crippen LogP contribution in [0.2, 0.25) is 0 Å². The van der Waals surface area contributed by atoms with Crippen LogP contribution in [0.15, 0.2) is 46.1 Å². The first-order chi connectivity index (χ1) is 9.63. The van der Waals surface area contributed by atoms with Gasteiger partial charge in [-0.25, -0.2) is 4.79 Å². The van der Waals surface area contributed by atoms with Gasteiger partial charge in [-0.1, -0.05) is 24.3 Å². The standard InChI is InChI=1S/C16H13NO3/c1-3-20-16(19)13-9(2)17-14-11-7-5-4-6-10(11)8-12(14)15(13)18/h4-8H,3H2,1-2H3. The Morgan fingerprint density at radius 2 is 2.05 bits per heavy atom. The van der Waals surface area contributed by atoms with Crippen LogP contribution in [0, 0.1) is 0 Å². The highest BCUT2D eigenvalue weighted by molar-refractivity contribution is 6.44. The third-order valence-electron chi connectivity index (χ3n) is 3.36. The number of esters is 1. The maximum absolute atomic E-state index is 12.5. The molecule has 1 aliphatic heterocycles. The summed E-state index contributed by atoms with van der Waals surface area (Å²) in [5, 5.41) is 0. The van der Waals surface area contributed by atoms with Gasteiger partial charge in [0.15, 0.2) is 0 Å². The molecule has 3 rings (SSSR count). The molecule has 2 aliphatic rings. The van der Waals surface area contributed by atoms with Crippen molar-refractivity contribution in [3.8, 4) is 0 Å². The maximum Gasteiger partial charge on any atom is 0.344 e. The van der Waals surface area contributed by atoms with Gasteiger partial charge in [0, 0.05) is 11.1 Å². The van der Waals surface area contributed by atoms with Gasteiger partial charge in [-0.2, -0.15) is 0 Å². The summed E-state index contributed by atoms with van der Waals surface area (Å²) in [6.45, 7) is 3.61. The third-order valence-corrected chi connectivity index (χ3v) is 3.36. The summed E-state index contributed by atoms with van der Waals surface area (Å²) in [6, 6.07) is 7.66. The first-order valence-electron chi connectivity index (χ1n) is 6.46. The lowest BCUT2D eigenvalue weighted by Gasteiger charge is -2.15. The van der Waals surface area contributed by atoms with Crippen molar-refractivity contribution in [1.82, 2.24) is 0 Å². The number of carbonyl (C=O) groups is 2. The van der Waals surface area contributed by atoms with E-state index in [1.807, 2.05) is 24.3 Å². The molecule has 0 atom stereocenters. The van der Waals surface area contributed by atoms with Gasteiger partial charge in [-0.3, -0.25) is 9.79 Å². The smallest absolute Gasteiger partial charge is 0.344 e. The number of fused-ring (bicyclic) bond motifs is 3. The van der Waals surface area contributed by atoms with Crippen LogP contribution >= 0.6 is 0 Å². The van der Waals surface area contributed by atoms with Gasteiger partial charge in [0.25, 0.3) is 0 Å². The number of allylic oxidation sites excluding steroid dienone is 2. The number of ether oxygens (including phenoxy) is 1. The van der Waals surface area contributed by atoms with Crippen LogP contribution in [-0.4, -0.2) is 24.1 Å². The van der Waals surface area contributed by atoms with Crippen molar-refractivity contribution in [2.45, 2.75) is 13.8 Å². The number of benzene rings is 1. The molecule has 0 amide bonds. The first-order valence-corrected chi connectivity index (χ1v) is 6.46. The van der Waals surface area contributed by atoms with Gasteiger partial charge in [-0.05, 0) is 25.5 Å². The van der Waals surface area contributed by atoms with Crippen LogP contribution in [0.4, 0.5) is 0 Å². The highest BCUT2D eigenvalue weighted by Crippen LogP contribution is 2.32. The fourth-order valence-electron chi connectivity index (χ4n) is 2.47. The van der Waals surface area contributed by atoms with Crippen molar-refractivity contribution in [2.24, 2.45) is 4.99 Å². The monoisotopic (exact) mass is 267 g/mol. The van der Waals surface area contributed by atoms with Crippen LogP contribution in [-0.2, 0) is 14.3 Å². The molecule has 0 fully saturated rings. The van der Waals surface area contributed by atoms with Crippen molar-refractivity contribution in [3.05, 3.63) is 52.2 Å². The molecule has 0 aromatic heterocycles. The van der Waals surface area contributed by atoms with E-state index in [1.54, 1.807) is 19.9 Å². The number of rotatable bonds is 2. The lowest BCUT2D eigenvalue weighted by atomic mass is 9.95. The van der Waals surface area contributed by atoms with Crippen LogP contribution < -0.4 is 0 Å². The minimum absolute atomic E-state index is 0.0367. The fraction of sp³-hybridized carbons (Fsp3) is 0.188. The van der Waals surface area contributed by atoms with Crippen molar-refractivity contribution < 1.29 is 14.3 Å². The second-order valence-electron chi connectivity index (χ2n) is 4.62. The highest BCUT2D eigenvalue weighted by atomic mass is 16.5. The lowest BCUT2D eigenvalue weighted by molar-refractivity contribution is -0.139. The molecule has 20 heavy (non-hydrogen) atoms.